The number of carbonyl (C=O) groups is 1. The number of hydrogen-bond donors (Lipinski definition) is 0. The summed E-state index contributed by atoms with van der Waals surface area (Å²) in [6.45, 7) is 3.58. The molecule has 158 valence electrons. The highest BCUT2D eigenvalue weighted by molar-refractivity contribution is 7.99. The minimum Gasteiger partial charge on any atom is -0.462 e. The molecule has 1 aromatic carbocycles. The van der Waals surface area contributed by atoms with Crippen LogP contribution >= 0.6 is 23.1 Å². The van der Waals surface area contributed by atoms with Crippen LogP contribution < -0.4 is 0 Å². The summed E-state index contributed by atoms with van der Waals surface area (Å²) in [5.74, 6) is 0.435. The predicted octanol–water partition coefficient (Wildman–Crippen LogP) is 4.18. The Morgan fingerprint density at radius 1 is 1.35 bits per heavy atom. The Hall–Kier alpha value is -3.31. The van der Waals surface area contributed by atoms with Crippen molar-refractivity contribution >= 4 is 46.5 Å². The quantitative estimate of drug-likeness (QED) is 0.237. The molecular weight excluding hydrogens is 438 g/mol. The van der Waals surface area contributed by atoms with E-state index < -0.39 is 10.9 Å². The van der Waals surface area contributed by atoms with Crippen LogP contribution in [0.2, 0.25) is 0 Å². The Bertz CT molecular complexity index is 1210. The van der Waals surface area contributed by atoms with E-state index in [1.54, 1.807) is 36.7 Å². The van der Waals surface area contributed by atoms with Gasteiger partial charge in [-0.2, -0.15) is 9.78 Å². The summed E-state index contributed by atoms with van der Waals surface area (Å²) in [4.78, 5) is 24.5. The van der Waals surface area contributed by atoms with E-state index in [2.05, 4.69) is 15.3 Å². The molecule has 0 saturated carbocycles. The fraction of sp³-hybridized carbons (Fsp3) is 0.200. The summed E-state index contributed by atoms with van der Waals surface area (Å²) in [5, 5.41) is 26.9. The van der Waals surface area contributed by atoms with Crippen LogP contribution in [0.1, 0.15) is 18.1 Å². The van der Waals surface area contributed by atoms with Crippen molar-refractivity contribution in [2.75, 3.05) is 12.4 Å². The van der Waals surface area contributed by atoms with Crippen LogP contribution in [0.4, 0.5) is 5.69 Å². The number of aromatic nitrogens is 3. The van der Waals surface area contributed by atoms with E-state index in [1.165, 1.54) is 29.2 Å². The van der Waals surface area contributed by atoms with Crippen molar-refractivity contribution in [1.29, 1.82) is 0 Å². The fourth-order valence-electron chi connectivity index (χ4n) is 2.97. The van der Waals surface area contributed by atoms with Crippen molar-refractivity contribution in [3.8, 4) is 10.7 Å². The average Bonchev–Trinajstić information content (AvgIpc) is 3.42. The smallest absolute Gasteiger partial charge is 0.340 e. The molecule has 11 heteroatoms. The summed E-state index contributed by atoms with van der Waals surface area (Å²) in [5.41, 5.74) is 1.76. The molecule has 3 aromatic rings. The first-order valence-electron chi connectivity index (χ1n) is 9.32. The van der Waals surface area contributed by atoms with Crippen molar-refractivity contribution in [1.82, 2.24) is 14.9 Å². The van der Waals surface area contributed by atoms with E-state index in [1.807, 2.05) is 17.5 Å². The lowest BCUT2D eigenvalue weighted by Gasteiger charge is -2.15. The highest BCUT2D eigenvalue weighted by Gasteiger charge is 2.26. The van der Waals surface area contributed by atoms with E-state index in [0.717, 1.165) is 4.88 Å². The second kappa shape index (κ2) is 8.82. The number of esters is 1. The maximum absolute atomic E-state index is 12.7. The molecule has 0 radical (unpaired) electrons. The Morgan fingerprint density at radius 3 is 2.90 bits per heavy atom. The molecule has 0 spiro atoms. The first-order valence-corrected chi connectivity index (χ1v) is 11.2. The first-order chi connectivity index (χ1) is 15.0. The zero-order valence-corrected chi connectivity index (χ0v) is 18.3. The van der Waals surface area contributed by atoms with Gasteiger partial charge >= 0.3 is 5.97 Å². The van der Waals surface area contributed by atoms with Gasteiger partial charge in [-0.1, -0.05) is 30.0 Å². The standard InChI is InChI=1S/C20H17N5O4S2/c1-3-29-19(26)14(9-13-7-6-12(2)16(10-13)25(27)28)15-11-31-20-22-21-18(24(20)23-15)17-5-4-8-30-17/h4-10H,3,11H2,1-2H3/b14-9+. The molecule has 0 unspecified atom stereocenters. The molecule has 31 heavy (non-hydrogen) atoms. The number of benzene rings is 1. The Kier molecular flexibility index (Phi) is 5.96. The lowest BCUT2D eigenvalue weighted by molar-refractivity contribution is -0.385. The summed E-state index contributed by atoms with van der Waals surface area (Å²) in [6, 6.07) is 8.64. The molecule has 3 heterocycles. The van der Waals surface area contributed by atoms with Crippen molar-refractivity contribution in [3.63, 3.8) is 0 Å². The monoisotopic (exact) mass is 455 g/mol. The first kappa shape index (κ1) is 20.9. The van der Waals surface area contributed by atoms with Crippen LogP contribution in [0, 0.1) is 17.0 Å². The predicted molar refractivity (Wildman–Crippen MR) is 119 cm³/mol. The molecule has 0 atom stereocenters. The van der Waals surface area contributed by atoms with Crippen LogP contribution in [-0.4, -0.2) is 43.8 Å². The Morgan fingerprint density at radius 2 is 2.19 bits per heavy atom. The molecule has 0 amide bonds. The Labute approximate surface area is 185 Å². The van der Waals surface area contributed by atoms with Gasteiger partial charge in [0.15, 0.2) is 5.82 Å². The van der Waals surface area contributed by atoms with Gasteiger partial charge in [0.05, 0.1) is 27.7 Å². The van der Waals surface area contributed by atoms with E-state index >= 15 is 0 Å². The van der Waals surface area contributed by atoms with Crippen LogP contribution in [0.25, 0.3) is 16.8 Å². The number of carbonyl (C=O) groups excluding carboxylic acids is 1. The van der Waals surface area contributed by atoms with Gasteiger partial charge in [-0.25, -0.2) is 4.79 Å². The summed E-state index contributed by atoms with van der Waals surface area (Å²) >= 11 is 2.92. The number of rotatable bonds is 6. The number of thiophene rings is 1. The maximum atomic E-state index is 12.7. The average molecular weight is 456 g/mol. The van der Waals surface area contributed by atoms with E-state index in [9.17, 15) is 14.9 Å². The molecule has 1 aliphatic rings. The molecule has 2 aromatic heterocycles. The van der Waals surface area contributed by atoms with Crippen LogP contribution in [0.5, 0.6) is 0 Å². The van der Waals surface area contributed by atoms with Gasteiger partial charge in [0.2, 0.25) is 5.16 Å². The zero-order chi connectivity index (χ0) is 22.0. The second-order valence-corrected chi connectivity index (χ2v) is 8.40. The molecule has 4 rings (SSSR count). The highest BCUT2D eigenvalue weighted by atomic mass is 32.2. The minimum absolute atomic E-state index is 0.0157. The third-order valence-corrected chi connectivity index (χ3v) is 6.26. The van der Waals surface area contributed by atoms with Gasteiger partial charge in [-0.15, -0.1) is 21.5 Å². The molecule has 0 aliphatic carbocycles. The topological polar surface area (TPSA) is 113 Å². The third-order valence-electron chi connectivity index (χ3n) is 4.46. The van der Waals surface area contributed by atoms with Crippen molar-refractivity contribution in [2.45, 2.75) is 19.0 Å². The number of nitro groups is 1. The normalized spacial score (nSPS) is 13.5. The SMILES string of the molecule is CCOC(=O)/C(=C/c1ccc(C)c([N+](=O)[O-])c1)C1=Nn2c(nnc2-c2cccs2)SC1. The van der Waals surface area contributed by atoms with Crippen LogP contribution in [-0.2, 0) is 9.53 Å². The summed E-state index contributed by atoms with van der Waals surface area (Å²) < 4.78 is 6.84. The number of nitrogens with zero attached hydrogens (tertiary/aromatic N) is 5. The van der Waals surface area contributed by atoms with E-state index in [0.29, 0.717) is 33.6 Å². The van der Waals surface area contributed by atoms with Gasteiger partial charge in [0.25, 0.3) is 5.69 Å². The number of ether oxygens (including phenoxy) is 1. The fourth-order valence-corrected chi connectivity index (χ4v) is 4.49. The molecule has 0 saturated heterocycles. The molecule has 0 N–H and O–H groups in total. The van der Waals surface area contributed by atoms with Gasteiger partial charge in [0, 0.05) is 17.4 Å². The number of hydrogen-bond acceptors (Lipinski definition) is 9. The highest BCUT2D eigenvalue weighted by Crippen LogP contribution is 2.31. The van der Waals surface area contributed by atoms with Gasteiger partial charge < -0.3 is 4.74 Å². The van der Waals surface area contributed by atoms with Crippen molar-refractivity contribution < 1.29 is 14.5 Å². The molecule has 9 nitrogen and oxygen atoms in total. The lowest BCUT2D eigenvalue weighted by atomic mass is 10.0. The summed E-state index contributed by atoms with van der Waals surface area (Å²) in [6.07, 6.45) is 1.57. The number of nitro benzene ring substituents is 1. The largest absolute Gasteiger partial charge is 0.462 e. The minimum atomic E-state index is -0.542. The zero-order valence-electron chi connectivity index (χ0n) is 16.6. The van der Waals surface area contributed by atoms with Gasteiger partial charge in [0.1, 0.15) is 0 Å². The number of fused-ring (bicyclic) bond motifs is 1. The Balaban J connectivity index is 1.80. The second-order valence-electron chi connectivity index (χ2n) is 6.51. The summed E-state index contributed by atoms with van der Waals surface area (Å²) in [7, 11) is 0. The van der Waals surface area contributed by atoms with Gasteiger partial charge in [-0.3, -0.25) is 10.1 Å². The maximum Gasteiger partial charge on any atom is 0.340 e. The van der Waals surface area contributed by atoms with E-state index in [4.69, 9.17) is 4.74 Å². The van der Waals surface area contributed by atoms with Crippen LogP contribution in [0.15, 0.2) is 51.5 Å². The van der Waals surface area contributed by atoms with Crippen molar-refractivity contribution in [2.24, 2.45) is 5.10 Å². The third kappa shape index (κ3) is 4.28. The molecule has 0 bridgehead atoms. The lowest BCUT2D eigenvalue weighted by Crippen LogP contribution is -2.21. The molecule has 1 aliphatic heterocycles. The van der Waals surface area contributed by atoms with Gasteiger partial charge in [-0.05, 0) is 36.9 Å². The number of thioether (sulfide) groups is 1. The molecular formula is C20H17N5O4S2. The van der Waals surface area contributed by atoms with E-state index in [-0.39, 0.29) is 17.9 Å². The van der Waals surface area contributed by atoms with Crippen molar-refractivity contribution in [3.05, 3.63) is 62.5 Å². The van der Waals surface area contributed by atoms with Crippen LogP contribution in [0.3, 0.4) is 0 Å². The number of aryl methyl sites for hydroxylation is 1. The molecule has 0 fully saturated rings.